The molecule has 0 saturated heterocycles. The van der Waals surface area contributed by atoms with Crippen molar-refractivity contribution in [1.82, 2.24) is 9.97 Å². The molecule has 2 aromatic carbocycles. The minimum absolute atomic E-state index is 0.0801. The fourth-order valence-electron chi connectivity index (χ4n) is 3.51. The van der Waals surface area contributed by atoms with E-state index in [1.54, 1.807) is 42.6 Å². The smallest absolute Gasteiger partial charge is 0.303 e. The third-order valence-electron chi connectivity index (χ3n) is 5.08. The Morgan fingerprint density at radius 3 is 2.57 bits per heavy atom. The molecule has 2 heterocycles. The Morgan fingerprint density at radius 2 is 1.87 bits per heavy atom. The van der Waals surface area contributed by atoms with Gasteiger partial charge in [-0.25, -0.2) is 8.42 Å². The molecule has 4 aromatic rings. The van der Waals surface area contributed by atoms with Gasteiger partial charge in [0.15, 0.2) is 0 Å². The molecule has 0 unspecified atom stereocenters. The number of aryl methyl sites for hydroxylation is 1. The van der Waals surface area contributed by atoms with Gasteiger partial charge < -0.3 is 15.1 Å². The van der Waals surface area contributed by atoms with Crippen molar-refractivity contribution in [3.05, 3.63) is 70.6 Å². The average molecular weight is 425 g/mol. The van der Waals surface area contributed by atoms with E-state index in [4.69, 9.17) is 5.11 Å². The van der Waals surface area contributed by atoms with Crippen molar-refractivity contribution in [2.45, 2.75) is 17.7 Å². The number of rotatable bonds is 6. The van der Waals surface area contributed by atoms with Crippen molar-refractivity contribution in [3.8, 4) is 0 Å². The highest BCUT2D eigenvalue weighted by molar-refractivity contribution is 7.92. The summed E-state index contributed by atoms with van der Waals surface area (Å²) in [4.78, 5) is 29.3. The summed E-state index contributed by atoms with van der Waals surface area (Å²) in [6.07, 6.45) is 1.79. The van der Waals surface area contributed by atoms with Crippen LogP contribution in [0.15, 0.2) is 64.4 Å². The van der Waals surface area contributed by atoms with Crippen molar-refractivity contribution >= 4 is 43.5 Å². The molecule has 2 aromatic heterocycles. The molecule has 154 valence electrons. The van der Waals surface area contributed by atoms with Crippen molar-refractivity contribution < 1.29 is 18.3 Å². The number of carboxylic acids is 1. The van der Waals surface area contributed by atoms with Gasteiger partial charge >= 0.3 is 5.97 Å². The SMILES string of the molecule is CN(c1ccc2[nH]c(=O)c3[nH]cc(CCC(=O)O)c3c2c1)S(=O)(=O)c1ccccc1. The van der Waals surface area contributed by atoms with Crippen LogP contribution < -0.4 is 9.86 Å². The summed E-state index contributed by atoms with van der Waals surface area (Å²) in [5.74, 6) is -0.937. The third-order valence-corrected chi connectivity index (χ3v) is 6.88. The van der Waals surface area contributed by atoms with Crippen LogP contribution in [0.25, 0.3) is 21.8 Å². The summed E-state index contributed by atoms with van der Waals surface area (Å²) < 4.78 is 27.1. The Balaban J connectivity index is 1.88. The zero-order chi connectivity index (χ0) is 21.5. The number of sulfonamides is 1. The Bertz CT molecular complexity index is 1420. The molecular weight excluding hydrogens is 406 g/mol. The second-order valence-electron chi connectivity index (χ2n) is 6.93. The number of hydrogen-bond acceptors (Lipinski definition) is 4. The summed E-state index contributed by atoms with van der Waals surface area (Å²) in [5, 5.41) is 10.3. The first-order valence-corrected chi connectivity index (χ1v) is 10.6. The van der Waals surface area contributed by atoms with Crippen molar-refractivity contribution in [2.24, 2.45) is 0 Å². The number of fused-ring (bicyclic) bond motifs is 3. The van der Waals surface area contributed by atoms with Gasteiger partial charge in [-0.2, -0.15) is 0 Å². The van der Waals surface area contributed by atoms with Crippen LogP contribution in [0.4, 0.5) is 5.69 Å². The molecule has 8 nitrogen and oxygen atoms in total. The van der Waals surface area contributed by atoms with E-state index in [9.17, 15) is 18.0 Å². The standard InChI is InChI=1S/C21H19N3O5S/c1-24(30(28,29)15-5-3-2-4-6-15)14-8-9-17-16(11-14)19-13(7-10-18(25)26)12-22-20(19)21(27)23-17/h2-6,8-9,11-12,22H,7,10H2,1H3,(H,23,27)(H,25,26). The van der Waals surface area contributed by atoms with E-state index >= 15 is 0 Å². The number of anilines is 1. The van der Waals surface area contributed by atoms with Gasteiger partial charge in [0, 0.05) is 36.0 Å². The van der Waals surface area contributed by atoms with Crippen LogP contribution in [0.5, 0.6) is 0 Å². The number of carbonyl (C=O) groups is 1. The molecule has 0 spiro atoms. The second-order valence-corrected chi connectivity index (χ2v) is 8.90. The normalized spacial score (nSPS) is 11.8. The minimum atomic E-state index is -3.76. The predicted octanol–water partition coefficient (Wildman–Crippen LogP) is 2.85. The Hall–Kier alpha value is -3.59. The number of H-pyrrole nitrogens is 2. The van der Waals surface area contributed by atoms with Gasteiger partial charge in [0.25, 0.3) is 15.6 Å². The van der Waals surface area contributed by atoms with Gasteiger partial charge in [0.05, 0.1) is 10.6 Å². The van der Waals surface area contributed by atoms with Gasteiger partial charge in [-0.15, -0.1) is 0 Å². The summed E-state index contributed by atoms with van der Waals surface area (Å²) in [7, 11) is -2.30. The van der Waals surface area contributed by atoms with E-state index in [0.717, 1.165) is 0 Å². The number of aromatic nitrogens is 2. The number of aliphatic carboxylic acids is 1. The van der Waals surface area contributed by atoms with Gasteiger partial charge in [-0.1, -0.05) is 18.2 Å². The Morgan fingerprint density at radius 1 is 1.13 bits per heavy atom. The highest BCUT2D eigenvalue weighted by Crippen LogP contribution is 2.30. The quantitative estimate of drug-likeness (QED) is 0.438. The van der Waals surface area contributed by atoms with Crippen LogP contribution in [-0.2, 0) is 21.2 Å². The lowest BCUT2D eigenvalue weighted by molar-refractivity contribution is -0.136. The molecule has 0 aliphatic carbocycles. The highest BCUT2D eigenvalue weighted by atomic mass is 32.2. The molecule has 0 atom stereocenters. The van der Waals surface area contributed by atoms with Crippen LogP contribution in [0.1, 0.15) is 12.0 Å². The van der Waals surface area contributed by atoms with E-state index in [0.29, 0.717) is 33.1 Å². The summed E-state index contributed by atoms with van der Waals surface area (Å²) >= 11 is 0. The van der Waals surface area contributed by atoms with Gasteiger partial charge in [-0.3, -0.25) is 13.9 Å². The number of benzene rings is 2. The Labute approximate surface area is 171 Å². The van der Waals surface area contributed by atoms with E-state index in [1.807, 2.05) is 0 Å². The van der Waals surface area contributed by atoms with Gasteiger partial charge in [-0.05, 0) is 42.3 Å². The monoisotopic (exact) mass is 425 g/mol. The number of carboxylic acid groups (broad SMARTS) is 1. The zero-order valence-corrected chi connectivity index (χ0v) is 16.9. The van der Waals surface area contributed by atoms with Crippen LogP contribution >= 0.6 is 0 Å². The van der Waals surface area contributed by atoms with Crippen LogP contribution in [0.2, 0.25) is 0 Å². The maximum atomic E-state index is 13.0. The number of nitrogens with zero attached hydrogens (tertiary/aromatic N) is 1. The predicted molar refractivity (Wildman–Crippen MR) is 114 cm³/mol. The molecular formula is C21H19N3O5S. The summed E-state index contributed by atoms with van der Waals surface area (Å²) in [6.45, 7) is 0. The lowest BCUT2D eigenvalue weighted by atomic mass is 10.0. The van der Waals surface area contributed by atoms with E-state index in [2.05, 4.69) is 9.97 Å². The molecule has 0 radical (unpaired) electrons. The molecule has 30 heavy (non-hydrogen) atoms. The van der Waals surface area contributed by atoms with Gasteiger partial charge in [0.2, 0.25) is 0 Å². The van der Waals surface area contributed by atoms with E-state index in [1.165, 1.54) is 23.5 Å². The van der Waals surface area contributed by atoms with Crippen LogP contribution in [0.3, 0.4) is 0 Å². The van der Waals surface area contributed by atoms with Crippen LogP contribution in [0, 0.1) is 0 Å². The highest BCUT2D eigenvalue weighted by Gasteiger charge is 2.22. The largest absolute Gasteiger partial charge is 0.481 e. The third kappa shape index (κ3) is 3.33. The van der Waals surface area contributed by atoms with Gasteiger partial charge in [0.1, 0.15) is 5.52 Å². The molecule has 0 bridgehead atoms. The van der Waals surface area contributed by atoms with Crippen molar-refractivity contribution in [1.29, 1.82) is 0 Å². The summed E-state index contributed by atoms with van der Waals surface area (Å²) in [5.41, 5.74) is 1.66. The van der Waals surface area contributed by atoms with Crippen molar-refractivity contribution in [3.63, 3.8) is 0 Å². The zero-order valence-electron chi connectivity index (χ0n) is 16.0. The maximum absolute atomic E-state index is 13.0. The maximum Gasteiger partial charge on any atom is 0.303 e. The fraction of sp³-hybridized carbons (Fsp3) is 0.143. The molecule has 0 aliphatic rings. The molecule has 0 amide bonds. The second kappa shape index (κ2) is 7.34. The number of aromatic amines is 2. The first-order valence-electron chi connectivity index (χ1n) is 9.21. The lowest BCUT2D eigenvalue weighted by Crippen LogP contribution is -2.26. The number of hydrogen-bond donors (Lipinski definition) is 3. The van der Waals surface area contributed by atoms with E-state index in [-0.39, 0.29) is 23.3 Å². The van der Waals surface area contributed by atoms with Crippen LogP contribution in [-0.4, -0.2) is 36.5 Å². The molecule has 0 aliphatic heterocycles. The van der Waals surface area contributed by atoms with Crippen molar-refractivity contribution in [2.75, 3.05) is 11.4 Å². The molecule has 4 rings (SSSR count). The molecule has 0 saturated carbocycles. The molecule has 0 fully saturated rings. The first-order chi connectivity index (χ1) is 14.3. The average Bonchev–Trinajstić information content (AvgIpc) is 3.17. The summed E-state index contributed by atoms with van der Waals surface area (Å²) in [6, 6.07) is 13.1. The number of nitrogens with one attached hydrogen (secondary N) is 2. The van der Waals surface area contributed by atoms with E-state index < -0.39 is 16.0 Å². The fourth-order valence-corrected chi connectivity index (χ4v) is 4.72. The topological polar surface area (TPSA) is 123 Å². The molecule has 9 heteroatoms. The minimum Gasteiger partial charge on any atom is -0.481 e. The number of pyridine rings is 1. The first kappa shape index (κ1) is 19.7. The molecule has 3 N–H and O–H groups in total. The Kier molecular flexibility index (Phi) is 4.83. The lowest BCUT2D eigenvalue weighted by Gasteiger charge is -2.20.